The molecular weight excluding hydrogens is 292 g/mol. The summed E-state index contributed by atoms with van der Waals surface area (Å²) < 4.78 is 0. The van der Waals surface area contributed by atoms with Crippen molar-refractivity contribution in [3.63, 3.8) is 0 Å². The molecule has 1 fully saturated rings. The average Bonchev–Trinajstić information content (AvgIpc) is 3.07. The minimum atomic E-state index is -0.435. The molecule has 23 heavy (non-hydrogen) atoms. The van der Waals surface area contributed by atoms with Crippen LogP contribution in [0.1, 0.15) is 52.4 Å². The van der Waals surface area contributed by atoms with Crippen molar-refractivity contribution >= 4 is 11.8 Å². The van der Waals surface area contributed by atoms with Gasteiger partial charge in [-0.1, -0.05) is 19.9 Å². The van der Waals surface area contributed by atoms with Crippen LogP contribution in [0, 0.1) is 11.8 Å². The van der Waals surface area contributed by atoms with Crippen LogP contribution in [0.5, 0.6) is 0 Å². The molecule has 0 aromatic carbocycles. The zero-order valence-electron chi connectivity index (χ0n) is 14.4. The Hall–Kier alpha value is -1.36. The van der Waals surface area contributed by atoms with Crippen molar-refractivity contribution in [2.75, 3.05) is 19.7 Å². The smallest absolute Gasteiger partial charge is 0.247 e. The fourth-order valence-electron chi connectivity index (χ4n) is 3.38. The number of carbonyl (C=O) groups is 2. The summed E-state index contributed by atoms with van der Waals surface area (Å²) in [5.74, 6) is 0.603. The Morgan fingerprint density at radius 2 is 2.04 bits per heavy atom. The maximum atomic E-state index is 12.8. The minimum Gasteiger partial charge on any atom is -0.396 e. The van der Waals surface area contributed by atoms with Crippen molar-refractivity contribution in [2.45, 2.75) is 58.4 Å². The van der Waals surface area contributed by atoms with Gasteiger partial charge in [-0.15, -0.1) is 0 Å². The number of nitrogens with one attached hydrogen (secondary N) is 1. The summed E-state index contributed by atoms with van der Waals surface area (Å²) in [5.41, 5.74) is 0.825. The number of piperidine rings is 1. The molecule has 2 amide bonds. The Bertz CT molecular complexity index is 451. The summed E-state index contributed by atoms with van der Waals surface area (Å²) in [7, 11) is 0. The van der Waals surface area contributed by atoms with Crippen LogP contribution in [0.2, 0.25) is 0 Å². The number of aliphatic hydroxyl groups excluding tert-OH is 1. The van der Waals surface area contributed by atoms with Crippen LogP contribution < -0.4 is 5.32 Å². The second-order valence-electron chi connectivity index (χ2n) is 7.23. The first-order chi connectivity index (χ1) is 11.0. The Morgan fingerprint density at radius 3 is 2.57 bits per heavy atom. The molecule has 0 unspecified atom stereocenters. The molecule has 1 saturated heterocycles. The van der Waals surface area contributed by atoms with Crippen LogP contribution in [-0.4, -0.2) is 47.6 Å². The monoisotopic (exact) mass is 322 g/mol. The van der Waals surface area contributed by atoms with Gasteiger partial charge in [-0.3, -0.25) is 9.59 Å². The fraction of sp³-hybridized carbons (Fsp3) is 0.778. The molecule has 1 aliphatic heterocycles. The van der Waals surface area contributed by atoms with Crippen molar-refractivity contribution in [1.82, 2.24) is 10.2 Å². The van der Waals surface area contributed by atoms with Crippen LogP contribution in [-0.2, 0) is 9.59 Å². The number of carbonyl (C=O) groups excluding carboxylic acids is 2. The highest BCUT2D eigenvalue weighted by atomic mass is 16.3. The molecule has 0 bridgehead atoms. The van der Waals surface area contributed by atoms with E-state index in [4.69, 9.17) is 0 Å². The number of rotatable bonds is 6. The molecule has 5 heteroatoms. The predicted octanol–water partition coefficient (Wildman–Crippen LogP) is 1.86. The molecule has 2 N–H and O–H groups in total. The van der Waals surface area contributed by atoms with E-state index in [1.807, 2.05) is 11.0 Å². The van der Waals surface area contributed by atoms with Gasteiger partial charge in [-0.2, -0.15) is 0 Å². The lowest BCUT2D eigenvalue weighted by atomic mass is 9.96. The van der Waals surface area contributed by atoms with Gasteiger partial charge in [0.25, 0.3) is 0 Å². The van der Waals surface area contributed by atoms with Gasteiger partial charge in [0.1, 0.15) is 6.04 Å². The summed E-state index contributed by atoms with van der Waals surface area (Å²) in [5, 5.41) is 12.2. The van der Waals surface area contributed by atoms with Crippen LogP contribution in [0.3, 0.4) is 0 Å². The van der Waals surface area contributed by atoms with Crippen LogP contribution >= 0.6 is 0 Å². The molecule has 0 aromatic heterocycles. The van der Waals surface area contributed by atoms with Crippen LogP contribution in [0.4, 0.5) is 0 Å². The third-order valence-electron chi connectivity index (χ3n) is 4.83. The molecule has 130 valence electrons. The van der Waals surface area contributed by atoms with Crippen molar-refractivity contribution < 1.29 is 14.7 Å². The number of hydrogen-bond donors (Lipinski definition) is 2. The highest BCUT2D eigenvalue weighted by Crippen LogP contribution is 2.20. The number of allylic oxidation sites excluding steroid dienone is 1. The number of amides is 2. The molecule has 2 rings (SSSR count). The van der Waals surface area contributed by atoms with Gasteiger partial charge in [0.15, 0.2) is 0 Å². The normalized spacial score (nSPS) is 20.5. The predicted molar refractivity (Wildman–Crippen MR) is 89.7 cm³/mol. The second kappa shape index (κ2) is 8.48. The Kier molecular flexibility index (Phi) is 6.63. The standard InChI is InChI=1S/C18H30N2O3/c1-13(2)11-16(19-17(22)15-5-3-4-6-15)18(23)20-9-7-14(12-21)8-10-20/h5,13-14,16,21H,3-4,6-12H2,1-2H3,(H,19,22)/t16-/m1/s1. The van der Waals surface area contributed by atoms with E-state index in [1.165, 1.54) is 0 Å². The highest BCUT2D eigenvalue weighted by molar-refractivity contribution is 5.97. The summed E-state index contributed by atoms with van der Waals surface area (Å²) in [4.78, 5) is 27.0. The van der Waals surface area contributed by atoms with Crippen LogP contribution in [0.15, 0.2) is 11.6 Å². The molecule has 5 nitrogen and oxygen atoms in total. The molecule has 0 saturated carbocycles. The number of aliphatic hydroxyl groups is 1. The summed E-state index contributed by atoms with van der Waals surface area (Å²) in [6.07, 6.45) is 7.14. The lowest BCUT2D eigenvalue weighted by molar-refractivity contribution is -0.137. The third kappa shape index (κ3) is 5.06. The van der Waals surface area contributed by atoms with Crippen LogP contribution in [0.25, 0.3) is 0 Å². The van der Waals surface area contributed by atoms with E-state index >= 15 is 0 Å². The lowest BCUT2D eigenvalue weighted by Gasteiger charge is -2.34. The zero-order chi connectivity index (χ0) is 16.8. The third-order valence-corrected chi connectivity index (χ3v) is 4.83. The van der Waals surface area contributed by atoms with E-state index in [9.17, 15) is 14.7 Å². The van der Waals surface area contributed by atoms with E-state index in [2.05, 4.69) is 19.2 Å². The minimum absolute atomic E-state index is 0.0297. The lowest BCUT2D eigenvalue weighted by Crippen LogP contribution is -2.51. The van der Waals surface area contributed by atoms with E-state index in [1.54, 1.807) is 0 Å². The summed E-state index contributed by atoms with van der Waals surface area (Å²) >= 11 is 0. The second-order valence-corrected chi connectivity index (χ2v) is 7.23. The fourth-order valence-corrected chi connectivity index (χ4v) is 3.38. The first kappa shape index (κ1) is 18.0. The molecule has 1 aliphatic carbocycles. The molecular formula is C18H30N2O3. The molecule has 0 spiro atoms. The molecule has 1 heterocycles. The zero-order valence-corrected chi connectivity index (χ0v) is 14.4. The molecule has 0 radical (unpaired) electrons. The van der Waals surface area contributed by atoms with Crippen molar-refractivity contribution in [2.24, 2.45) is 11.8 Å². The maximum absolute atomic E-state index is 12.8. The Morgan fingerprint density at radius 1 is 1.35 bits per heavy atom. The largest absolute Gasteiger partial charge is 0.396 e. The average molecular weight is 322 g/mol. The molecule has 0 aromatic rings. The van der Waals surface area contributed by atoms with E-state index in [0.29, 0.717) is 31.3 Å². The summed E-state index contributed by atoms with van der Waals surface area (Å²) in [6, 6.07) is -0.435. The van der Waals surface area contributed by atoms with Gasteiger partial charge in [0, 0.05) is 25.3 Å². The van der Waals surface area contributed by atoms with Gasteiger partial charge in [0.05, 0.1) is 0 Å². The van der Waals surface area contributed by atoms with E-state index in [0.717, 1.165) is 37.7 Å². The van der Waals surface area contributed by atoms with Crippen molar-refractivity contribution in [3.05, 3.63) is 11.6 Å². The Balaban J connectivity index is 1.96. The summed E-state index contributed by atoms with van der Waals surface area (Å²) in [6.45, 7) is 5.69. The molecule has 1 atom stereocenters. The Labute approximate surface area is 139 Å². The number of nitrogens with zero attached hydrogens (tertiary/aromatic N) is 1. The highest BCUT2D eigenvalue weighted by Gasteiger charge is 2.30. The number of likely N-dealkylation sites (tertiary alicyclic amines) is 1. The molecule has 2 aliphatic rings. The van der Waals surface area contributed by atoms with E-state index in [-0.39, 0.29) is 18.4 Å². The topological polar surface area (TPSA) is 69.6 Å². The first-order valence-corrected chi connectivity index (χ1v) is 8.90. The quantitative estimate of drug-likeness (QED) is 0.784. The van der Waals surface area contributed by atoms with Gasteiger partial charge in [-0.25, -0.2) is 0 Å². The SMILES string of the molecule is CC(C)C[C@@H](NC(=O)C1=CCCC1)C(=O)N1CCC(CO)CC1. The van der Waals surface area contributed by atoms with Crippen molar-refractivity contribution in [1.29, 1.82) is 0 Å². The van der Waals surface area contributed by atoms with Gasteiger partial charge < -0.3 is 15.3 Å². The number of hydrogen-bond acceptors (Lipinski definition) is 3. The van der Waals surface area contributed by atoms with Gasteiger partial charge in [-0.05, 0) is 50.4 Å². The first-order valence-electron chi connectivity index (χ1n) is 8.90. The van der Waals surface area contributed by atoms with E-state index < -0.39 is 6.04 Å². The van der Waals surface area contributed by atoms with Gasteiger partial charge in [0.2, 0.25) is 11.8 Å². The van der Waals surface area contributed by atoms with Crippen molar-refractivity contribution in [3.8, 4) is 0 Å². The maximum Gasteiger partial charge on any atom is 0.247 e. The van der Waals surface area contributed by atoms with Gasteiger partial charge >= 0.3 is 0 Å².